The van der Waals surface area contributed by atoms with Crippen LogP contribution < -0.4 is 5.32 Å². The molecule has 0 saturated carbocycles. The van der Waals surface area contributed by atoms with Gasteiger partial charge in [0.15, 0.2) is 0 Å². The summed E-state index contributed by atoms with van der Waals surface area (Å²) in [6, 6.07) is 4.65. The highest BCUT2D eigenvalue weighted by molar-refractivity contribution is 5.66. The number of aliphatic hydroxyl groups excluding tert-OH is 2. The van der Waals surface area contributed by atoms with Gasteiger partial charge in [0.2, 0.25) is 0 Å². The van der Waals surface area contributed by atoms with Gasteiger partial charge in [0.25, 0.3) is 0 Å². The first-order chi connectivity index (χ1) is 10.0. The highest BCUT2D eigenvalue weighted by Crippen LogP contribution is 2.22. The van der Waals surface area contributed by atoms with Crippen LogP contribution in [0.2, 0.25) is 0 Å². The Kier molecular flexibility index (Phi) is 7.74. The van der Waals surface area contributed by atoms with Gasteiger partial charge in [-0.2, -0.15) is 0 Å². The number of aromatic hydroxyl groups is 1. The van der Waals surface area contributed by atoms with Crippen molar-refractivity contribution < 1.29 is 25.2 Å². The molecule has 0 fully saturated rings. The van der Waals surface area contributed by atoms with Crippen LogP contribution in [0.3, 0.4) is 0 Å². The maximum atomic E-state index is 10.3. The summed E-state index contributed by atoms with van der Waals surface area (Å²) in [6.45, 7) is 0.805. The summed E-state index contributed by atoms with van der Waals surface area (Å²) in [6.07, 6.45) is 1.84. The smallest absolute Gasteiger partial charge is 0.303 e. The van der Waals surface area contributed by atoms with Gasteiger partial charge in [0.1, 0.15) is 5.75 Å². The highest BCUT2D eigenvalue weighted by Gasteiger charge is 2.09. The third-order valence-corrected chi connectivity index (χ3v) is 3.24. The second-order valence-corrected chi connectivity index (χ2v) is 4.97. The molecular formula is C15H23NO5. The molecule has 118 valence electrons. The van der Waals surface area contributed by atoms with Crippen molar-refractivity contribution in [2.45, 2.75) is 38.4 Å². The summed E-state index contributed by atoms with van der Waals surface area (Å²) in [7, 11) is 0. The fourth-order valence-corrected chi connectivity index (χ4v) is 2.00. The van der Waals surface area contributed by atoms with Gasteiger partial charge in [-0.25, -0.2) is 0 Å². The molecule has 6 heteroatoms. The van der Waals surface area contributed by atoms with Crippen LogP contribution in [0.25, 0.3) is 0 Å². The molecule has 6 nitrogen and oxygen atoms in total. The summed E-state index contributed by atoms with van der Waals surface area (Å²) >= 11 is 0. The Morgan fingerprint density at radius 2 is 2.00 bits per heavy atom. The number of carboxylic acid groups (broad SMARTS) is 1. The third-order valence-electron chi connectivity index (χ3n) is 3.24. The zero-order valence-electron chi connectivity index (χ0n) is 12.0. The Bertz CT molecular complexity index is 450. The summed E-state index contributed by atoms with van der Waals surface area (Å²) < 4.78 is 0. The lowest BCUT2D eigenvalue weighted by Gasteiger charge is -2.13. The highest BCUT2D eigenvalue weighted by atomic mass is 16.4. The maximum Gasteiger partial charge on any atom is 0.303 e. The molecular weight excluding hydrogens is 274 g/mol. The number of aliphatic carboxylic acids is 1. The van der Waals surface area contributed by atoms with Gasteiger partial charge in [-0.3, -0.25) is 4.79 Å². The van der Waals surface area contributed by atoms with Crippen LogP contribution in [-0.4, -0.2) is 39.5 Å². The second-order valence-electron chi connectivity index (χ2n) is 4.97. The molecule has 1 aromatic carbocycles. The largest absolute Gasteiger partial charge is 0.508 e. The second kappa shape index (κ2) is 9.33. The molecule has 0 radical (unpaired) electrons. The Labute approximate surface area is 124 Å². The van der Waals surface area contributed by atoms with Gasteiger partial charge in [0.05, 0.1) is 12.7 Å². The van der Waals surface area contributed by atoms with E-state index < -0.39 is 12.1 Å². The Morgan fingerprint density at radius 1 is 1.24 bits per heavy atom. The monoisotopic (exact) mass is 297 g/mol. The van der Waals surface area contributed by atoms with Crippen LogP contribution in [0.4, 0.5) is 0 Å². The number of aliphatic hydroxyl groups is 2. The van der Waals surface area contributed by atoms with Crippen LogP contribution in [0.15, 0.2) is 18.2 Å². The number of rotatable bonds is 10. The normalized spacial score (nSPS) is 12.3. The van der Waals surface area contributed by atoms with Crippen LogP contribution in [0, 0.1) is 0 Å². The molecule has 0 aliphatic heterocycles. The fourth-order valence-electron chi connectivity index (χ4n) is 2.00. The molecule has 0 bridgehead atoms. The topological polar surface area (TPSA) is 110 Å². The minimum atomic E-state index is -0.773. The van der Waals surface area contributed by atoms with Crippen molar-refractivity contribution in [1.29, 1.82) is 0 Å². The van der Waals surface area contributed by atoms with E-state index in [-0.39, 0.29) is 18.8 Å². The van der Waals surface area contributed by atoms with Crippen LogP contribution >= 0.6 is 0 Å². The van der Waals surface area contributed by atoms with Crippen molar-refractivity contribution in [2.24, 2.45) is 0 Å². The van der Waals surface area contributed by atoms with Gasteiger partial charge in [-0.1, -0.05) is 12.5 Å². The maximum absolute atomic E-state index is 10.3. The number of unbranched alkanes of at least 4 members (excludes halogenated alkanes) is 2. The number of hydrogen-bond donors (Lipinski definition) is 5. The van der Waals surface area contributed by atoms with Crippen LogP contribution in [0.1, 0.15) is 42.9 Å². The molecule has 0 spiro atoms. The van der Waals surface area contributed by atoms with Gasteiger partial charge >= 0.3 is 5.97 Å². The van der Waals surface area contributed by atoms with Crippen LogP contribution in [0.5, 0.6) is 5.75 Å². The summed E-state index contributed by atoms with van der Waals surface area (Å²) in [5, 5.41) is 40.1. The molecule has 1 aromatic rings. The number of hydrogen-bond acceptors (Lipinski definition) is 5. The Morgan fingerprint density at radius 3 is 2.67 bits per heavy atom. The number of carbonyl (C=O) groups is 1. The SMILES string of the molecule is O=C(O)CCCCCNC[C@H](O)c1ccc(O)c(CO)c1. The van der Waals surface area contributed by atoms with Crippen molar-refractivity contribution in [2.75, 3.05) is 13.1 Å². The fraction of sp³-hybridized carbons (Fsp3) is 0.533. The van der Waals surface area contributed by atoms with Crippen LogP contribution in [-0.2, 0) is 11.4 Å². The first-order valence-electron chi connectivity index (χ1n) is 7.07. The summed E-state index contributed by atoms with van der Waals surface area (Å²) in [5.74, 6) is -0.759. The Balaban J connectivity index is 2.24. The lowest BCUT2D eigenvalue weighted by molar-refractivity contribution is -0.137. The quantitative estimate of drug-likeness (QED) is 0.414. The number of benzene rings is 1. The third kappa shape index (κ3) is 6.57. The van der Waals surface area contributed by atoms with E-state index in [4.69, 9.17) is 10.2 Å². The summed E-state index contributed by atoms with van der Waals surface area (Å²) in [5.41, 5.74) is 1.02. The molecule has 0 saturated heterocycles. The first-order valence-corrected chi connectivity index (χ1v) is 7.07. The van der Waals surface area contributed by atoms with Gasteiger partial charge in [-0.05, 0) is 37.1 Å². The Hall–Kier alpha value is -1.63. The predicted octanol–water partition coefficient (Wildman–Crippen LogP) is 1.15. The molecule has 1 rings (SSSR count). The van der Waals surface area contributed by atoms with E-state index in [0.29, 0.717) is 30.6 Å². The first kappa shape index (κ1) is 17.4. The molecule has 0 amide bonds. The van der Waals surface area contributed by atoms with Gasteiger partial charge in [0, 0.05) is 18.5 Å². The molecule has 0 unspecified atom stereocenters. The van der Waals surface area contributed by atoms with E-state index in [1.165, 1.54) is 6.07 Å². The van der Waals surface area contributed by atoms with Crippen molar-refractivity contribution in [3.63, 3.8) is 0 Å². The number of nitrogens with one attached hydrogen (secondary N) is 1. The van der Waals surface area contributed by atoms with Crippen molar-refractivity contribution in [3.05, 3.63) is 29.3 Å². The van der Waals surface area contributed by atoms with Crippen molar-refractivity contribution >= 4 is 5.97 Å². The lowest BCUT2D eigenvalue weighted by atomic mass is 10.1. The zero-order valence-corrected chi connectivity index (χ0v) is 12.0. The van der Waals surface area contributed by atoms with Gasteiger partial charge < -0.3 is 25.7 Å². The van der Waals surface area contributed by atoms with E-state index >= 15 is 0 Å². The predicted molar refractivity (Wildman–Crippen MR) is 78.0 cm³/mol. The average molecular weight is 297 g/mol. The number of phenols is 1. The molecule has 1 atom stereocenters. The van der Waals surface area contributed by atoms with E-state index in [9.17, 15) is 15.0 Å². The van der Waals surface area contributed by atoms with Gasteiger partial charge in [-0.15, -0.1) is 0 Å². The van der Waals surface area contributed by atoms with Crippen molar-refractivity contribution in [3.8, 4) is 5.75 Å². The number of carboxylic acids is 1. The van der Waals surface area contributed by atoms with Crippen molar-refractivity contribution in [1.82, 2.24) is 5.32 Å². The standard InChI is InChI=1S/C15H23NO5/c17-10-12-8-11(5-6-13(12)18)14(19)9-16-7-3-1-2-4-15(20)21/h5-6,8,14,16-19H,1-4,7,9-10H2,(H,20,21)/t14-/m0/s1. The molecule has 5 N–H and O–H groups in total. The van der Waals surface area contributed by atoms with E-state index in [1.54, 1.807) is 12.1 Å². The average Bonchev–Trinajstić information content (AvgIpc) is 2.46. The molecule has 21 heavy (non-hydrogen) atoms. The molecule has 0 aromatic heterocycles. The lowest BCUT2D eigenvalue weighted by Crippen LogP contribution is -2.22. The molecule has 0 aliphatic rings. The van der Waals surface area contributed by atoms with E-state index in [1.807, 2.05) is 0 Å². The molecule has 0 aliphatic carbocycles. The minimum absolute atomic E-state index is 0.0137. The van der Waals surface area contributed by atoms with E-state index in [0.717, 1.165) is 12.8 Å². The zero-order chi connectivity index (χ0) is 15.7. The minimum Gasteiger partial charge on any atom is -0.508 e. The van der Waals surface area contributed by atoms with E-state index in [2.05, 4.69) is 5.32 Å². The summed E-state index contributed by atoms with van der Waals surface area (Å²) in [4.78, 5) is 10.3. The molecule has 0 heterocycles.